The molecule has 5 nitrogen and oxygen atoms in total. The molecule has 0 atom stereocenters. The van der Waals surface area contributed by atoms with Gasteiger partial charge in [-0.2, -0.15) is 0 Å². The highest BCUT2D eigenvalue weighted by Gasteiger charge is 2.17. The van der Waals surface area contributed by atoms with Crippen LogP contribution in [-0.4, -0.2) is 9.38 Å². The van der Waals surface area contributed by atoms with Crippen LogP contribution in [0.3, 0.4) is 0 Å². The monoisotopic (exact) mass is 297 g/mol. The van der Waals surface area contributed by atoms with E-state index in [4.69, 9.17) is 11.6 Å². The molecule has 0 aliphatic rings. The molecule has 0 aliphatic carbocycles. The highest BCUT2D eigenvalue weighted by Crippen LogP contribution is 2.33. The van der Waals surface area contributed by atoms with E-state index >= 15 is 0 Å². The minimum atomic E-state index is -0.207. The van der Waals surface area contributed by atoms with E-state index in [0.29, 0.717) is 32.5 Å². The van der Waals surface area contributed by atoms with Crippen molar-refractivity contribution in [3.05, 3.63) is 62.7 Å². The van der Waals surface area contributed by atoms with E-state index in [2.05, 4.69) is 10.2 Å². The Kier molecular flexibility index (Phi) is 2.40. The number of aromatic nitrogens is 2. The third-order valence-electron chi connectivity index (χ3n) is 3.61. The van der Waals surface area contributed by atoms with Crippen LogP contribution in [0.15, 0.2) is 52.4 Å². The number of nitrogens with one attached hydrogen (secondary N) is 1. The Morgan fingerprint density at radius 3 is 2.71 bits per heavy atom. The molecule has 0 bridgehead atoms. The molecule has 102 valence electrons. The number of hydrogen-bond donors (Lipinski definition) is 1. The van der Waals surface area contributed by atoms with Crippen LogP contribution >= 0.6 is 11.6 Å². The molecular weight excluding hydrogens is 290 g/mol. The first kappa shape index (κ1) is 12.1. The molecule has 2 aromatic heterocycles. The Bertz CT molecular complexity index is 1090. The second-order valence-corrected chi connectivity index (χ2v) is 5.20. The maximum atomic E-state index is 12.7. The molecule has 2 aromatic carbocycles. The number of aromatic amines is 1. The lowest BCUT2D eigenvalue weighted by Gasteiger charge is -2.01. The zero-order chi connectivity index (χ0) is 14.6. The molecule has 0 saturated carbocycles. The lowest BCUT2D eigenvalue weighted by Crippen LogP contribution is -2.13. The summed E-state index contributed by atoms with van der Waals surface area (Å²) in [5.41, 5.74) is 1.62. The van der Waals surface area contributed by atoms with Crippen LogP contribution in [0.5, 0.6) is 0 Å². The van der Waals surface area contributed by atoms with Crippen LogP contribution in [0.2, 0.25) is 5.02 Å². The summed E-state index contributed by atoms with van der Waals surface area (Å²) in [6.45, 7) is 0. The van der Waals surface area contributed by atoms with Crippen molar-refractivity contribution in [2.24, 2.45) is 5.18 Å². The fourth-order valence-electron chi connectivity index (χ4n) is 2.69. The van der Waals surface area contributed by atoms with Gasteiger partial charge in [0.25, 0.3) is 5.56 Å². The van der Waals surface area contributed by atoms with E-state index in [1.165, 1.54) is 4.40 Å². The van der Waals surface area contributed by atoms with Crippen LogP contribution in [-0.2, 0) is 0 Å². The van der Waals surface area contributed by atoms with E-state index in [1.807, 2.05) is 6.07 Å². The van der Waals surface area contributed by atoms with Crippen LogP contribution in [0.1, 0.15) is 0 Å². The molecule has 0 aliphatic heterocycles. The van der Waals surface area contributed by atoms with Crippen molar-refractivity contribution in [3.8, 4) is 0 Å². The van der Waals surface area contributed by atoms with Gasteiger partial charge in [0.15, 0.2) is 5.69 Å². The van der Waals surface area contributed by atoms with Crippen LogP contribution in [0.25, 0.3) is 27.5 Å². The summed E-state index contributed by atoms with van der Waals surface area (Å²) in [4.78, 5) is 27.0. The van der Waals surface area contributed by atoms with Gasteiger partial charge in [-0.25, -0.2) is 0 Å². The van der Waals surface area contributed by atoms with Crippen molar-refractivity contribution in [1.29, 1.82) is 0 Å². The van der Waals surface area contributed by atoms with Gasteiger partial charge in [-0.15, -0.1) is 4.91 Å². The van der Waals surface area contributed by atoms with E-state index in [1.54, 1.807) is 36.4 Å². The fourth-order valence-corrected chi connectivity index (χ4v) is 2.86. The molecule has 0 radical (unpaired) electrons. The fraction of sp³-hybridized carbons (Fsp3) is 0. The Balaban J connectivity index is 2.40. The molecule has 6 heteroatoms. The molecule has 4 aromatic rings. The van der Waals surface area contributed by atoms with Crippen molar-refractivity contribution >= 4 is 44.7 Å². The highest BCUT2D eigenvalue weighted by molar-refractivity contribution is 6.31. The zero-order valence-corrected chi connectivity index (χ0v) is 11.4. The number of hydrogen-bond acceptors (Lipinski definition) is 3. The Labute approximate surface area is 122 Å². The average molecular weight is 298 g/mol. The predicted molar refractivity (Wildman–Crippen MR) is 83.5 cm³/mol. The molecule has 4 rings (SSSR count). The number of nitrogens with zero attached hydrogens (tertiary/aromatic N) is 2. The lowest BCUT2D eigenvalue weighted by molar-refractivity contribution is 1.15. The summed E-state index contributed by atoms with van der Waals surface area (Å²) in [6, 6.07) is 12.2. The number of benzene rings is 2. The number of para-hydroxylation sites is 1. The molecular formula is C15H8ClN3O2. The van der Waals surface area contributed by atoms with Gasteiger partial charge in [-0.05, 0) is 35.5 Å². The molecule has 0 spiro atoms. The van der Waals surface area contributed by atoms with E-state index in [0.717, 1.165) is 0 Å². The first-order valence-corrected chi connectivity index (χ1v) is 6.66. The van der Waals surface area contributed by atoms with Crippen LogP contribution < -0.4 is 5.56 Å². The van der Waals surface area contributed by atoms with Crippen molar-refractivity contribution in [2.75, 3.05) is 0 Å². The predicted octanol–water partition coefficient (Wildman–Crippen LogP) is 3.99. The first-order valence-electron chi connectivity index (χ1n) is 6.29. The summed E-state index contributed by atoms with van der Waals surface area (Å²) >= 11 is 6.01. The summed E-state index contributed by atoms with van der Waals surface area (Å²) in [7, 11) is 0. The second-order valence-electron chi connectivity index (χ2n) is 4.76. The maximum Gasteiger partial charge on any atom is 0.266 e. The SMILES string of the molecule is O=Nc1c2ccc(Cl)cc2n2c(=O)c3ccccc3[nH]c12. The van der Waals surface area contributed by atoms with Gasteiger partial charge in [-0.3, -0.25) is 9.20 Å². The van der Waals surface area contributed by atoms with Gasteiger partial charge in [0, 0.05) is 10.4 Å². The van der Waals surface area contributed by atoms with Crippen LogP contribution in [0.4, 0.5) is 5.69 Å². The number of H-pyrrole nitrogens is 1. The van der Waals surface area contributed by atoms with Crippen molar-refractivity contribution in [2.45, 2.75) is 0 Å². The summed E-state index contributed by atoms with van der Waals surface area (Å²) < 4.78 is 1.44. The molecule has 0 saturated heterocycles. The smallest absolute Gasteiger partial charge is 0.266 e. The van der Waals surface area contributed by atoms with E-state index < -0.39 is 0 Å². The average Bonchev–Trinajstić information content (AvgIpc) is 2.80. The van der Waals surface area contributed by atoms with Gasteiger partial charge in [0.2, 0.25) is 0 Å². The Morgan fingerprint density at radius 2 is 1.90 bits per heavy atom. The summed E-state index contributed by atoms with van der Waals surface area (Å²) in [5, 5.41) is 4.71. The Hall–Kier alpha value is -2.66. The topological polar surface area (TPSA) is 66.7 Å². The lowest BCUT2D eigenvalue weighted by atomic mass is 10.2. The van der Waals surface area contributed by atoms with Crippen molar-refractivity contribution in [1.82, 2.24) is 9.38 Å². The normalized spacial score (nSPS) is 11.5. The quantitative estimate of drug-likeness (QED) is 0.540. The minimum absolute atomic E-state index is 0.207. The number of nitroso groups, excluding NO2 is 1. The van der Waals surface area contributed by atoms with Gasteiger partial charge in [0.1, 0.15) is 5.65 Å². The zero-order valence-electron chi connectivity index (χ0n) is 10.6. The highest BCUT2D eigenvalue weighted by atomic mass is 35.5. The molecule has 0 unspecified atom stereocenters. The van der Waals surface area contributed by atoms with Gasteiger partial charge < -0.3 is 4.98 Å². The third-order valence-corrected chi connectivity index (χ3v) is 3.84. The molecule has 0 amide bonds. The van der Waals surface area contributed by atoms with Crippen molar-refractivity contribution < 1.29 is 0 Å². The molecule has 0 fully saturated rings. The van der Waals surface area contributed by atoms with Gasteiger partial charge >= 0.3 is 0 Å². The van der Waals surface area contributed by atoms with E-state index in [9.17, 15) is 9.70 Å². The largest absolute Gasteiger partial charge is 0.339 e. The minimum Gasteiger partial charge on any atom is -0.339 e. The van der Waals surface area contributed by atoms with Crippen LogP contribution in [0, 0.1) is 4.91 Å². The van der Waals surface area contributed by atoms with Crippen molar-refractivity contribution in [3.63, 3.8) is 0 Å². The number of halogens is 1. The molecule has 2 heterocycles. The molecule has 1 N–H and O–H groups in total. The van der Waals surface area contributed by atoms with E-state index in [-0.39, 0.29) is 11.2 Å². The maximum absolute atomic E-state index is 12.7. The first-order chi connectivity index (χ1) is 10.2. The van der Waals surface area contributed by atoms with Gasteiger partial charge in [-0.1, -0.05) is 23.7 Å². The summed E-state index contributed by atoms with van der Waals surface area (Å²) in [5.74, 6) is 0. The number of fused-ring (bicyclic) bond motifs is 4. The number of rotatable bonds is 1. The molecule has 21 heavy (non-hydrogen) atoms. The second kappa shape index (κ2) is 4.17. The van der Waals surface area contributed by atoms with Gasteiger partial charge in [0.05, 0.1) is 16.4 Å². The third kappa shape index (κ3) is 1.55. The standard InChI is InChI=1S/C15H8ClN3O2/c16-8-5-6-10-12(7-8)19-14(13(10)18-21)17-11-4-2-1-3-9(11)15(19)20/h1-7,17H. The summed E-state index contributed by atoms with van der Waals surface area (Å²) in [6.07, 6.45) is 0. The Morgan fingerprint density at radius 1 is 1.10 bits per heavy atom.